The fraction of sp³-hybridized carbons (Fsp3) is 0.700. The van der Waals surface area contributed by atoms with Crippen molar-refractivity contribution >= 4 is 0 Å². The molecule has 2 atom stereocenters. The Kier molecular flexibility index (Phi) is 2.36. The Hall–Kier alpha value is -0.830. The van der Waals surface area contributed by atoms with Crippen molar-refractivity contribution in [3.63, 3.8) is 0 Å². The molecule has 1 saturated carbocycles. The van der Waals surface area contributed by atoms with Gasteiger partial charge in [0.25, 0.3) is 0 Å². The van der Waals surface area contributed by atoms with Gasteiger partial charge in [0.05, 0.1) is 12.3 Å². The smallest absolute Gasteiger partial charge is 0.0571 e. The molecule has 1 aromatic heterocycles. The number of nitrogens with zero attached hydrogens (tertiary/aromatic N) is 2. The van der Waals surface area contributed by atoms with Gasteiger partial charge < -0.3 is 5.11 Å². The van der Waals surface area contributed by atoms with Crippen LogP contribution in [-0.2, 0) is 13.5 Å². The quantitative estimate of drug-likeness (QED) is 0.740. The van der Waals surface area contributed by atoms with Gasteiger partial charge in [0, 0.05) is 13.2 Å². The van der Waals surface area contributed by atoms with Gasteiger partial charge in [0.1, 0.15) is 0 Å². The van der Waals surface area contributed by atoms with Crippen LogP contribution in [0.15, 0.2) is 12.4 Å². The summed E-state index contributed by atoms with van der Waals surface area (Å²) >= 11 is 0. The minimum atomic E-state index is -0.0831. The third-order valence-corrected chi connectivity index (χ3v) is 2.88. The predicted octanol–water partition coefficient (Wildman–Crippen LogP) is 1.12. The lowest BCUT2D eigenvalue weighted by molar-refractivity contribution is 0.132. The van der Waals surface area contributed by atoms with E-state index in [1.54, 1.807) is 0 Å². The molecule has 2 rings (SSSR count). The number of aliphatic hydroxyl groups excluding tert-OH is 1. The van der Waals surface area contributed by atoms with Gasteiger partial charge in [-0.3, -0.25) is 4.68 Å². The molecule has 1 aliphatic rings. The molecule has 1 fully saturated rings. The van der Waals surface area contributed by atoms with E-state index in [1.807, 2.05) is 24.1 Å². The zero-order valence-corrected chi connectivity index (χ0v) is 7.98. The van der Waals surface area contributed by atoms with Crippen molar-refractivity contribution in [3.05, 3.63) is 18.0 Å². The molecule has 72 valence electrons. The van der Waals surface area contributed by atoms with Crippen LogP contribution in [-0.4, -0.2) is 21.0 Å². The number of hydrogen-bond donors (Lipinski definition) is 1. The van der Waals surface area contributed by atoms with Crippen molar-refractivity contribution in [1.82, 2.24) is 9.78 Å². The van der Waals surface area contributed by atoms with Gasteiger partial charge in [0.15, 0.2) is 0 Å². The summed E-state index contributed by atoms with van der Waals surface area (Å²) in [5.41, 5.74) is 1.24. The van der Waals surface area contributed by atoms with E-state index >= 15 is 0 Å². The standard InChI is InChI=1S/C10H16N2O/c1-12-7-8(6-11-12)5-9-3-2-4-10(9)13/h6-7,9-10,13H,2-5H2,1H3/t9-,10+/m0/s1. The molecule has 1 aliphatic carbocycles. The van der Waals surface area contributed by atoms with Gasteiger partial charge in [-0.1, -0.05) is 6.42 Å². The van der Waals surface area contributed by atoms with Crippen molar-refractivity contribution in [3.8, 4) is 0 Å². The van der Waals surface area contributed by atoms with Crippen molar-refractivity contribution in [1.29, 1.82) is 0 Å². The first kappa shape index (κ1) is 8.75. The Labute approximate surface area is 78.4 Å². The van der Waals surface area contributed by atoms with Crippen LogP contribution >= 0.6 is 0 Å². The van der Waals surface area contributed by atoms with E-state index in [0.717, 1.165) is 19.3 Å². The monoisotopic (exact) mass is 180 g/mol. The fourth-order valence-electron chi connectivity index (χ4n) is 2.14. The van der Waals surface area contributed by atoms with E-state index in [0.29, 0.717) is 5.92 Å². The highest BCUT2D eigenvalue weighted by Gasteiger charge is 2.25. The summed E-state index contributed by atoms with van der Waals surface area (Å²) in [7, 11) is 1.93. The fourth-order valence-corrected chi connectivity index (χ4v) is 2.14. The van der Waals surface area contributed by atoms with E-state index in [9.17, 15) is 5.11 Å². The first-order valence-electron chi connectivity index (χ1n) is 4.91. The minimum absolute atomic E-state index is 0.0831. The molecule has 0 bridgehead atoms. The van der Waals surface area contributed by atoms with Crippen molar-refractivity contribution in [2.45, 2.75) is 31.8 Å². The molecule has 0 aliphatic heterocycles. The SMILES string of the molecule is Cn1cc(C[C@@H]2CCC[C@H]2O)cn1. The molecule has 0 spiro atoms. The van der Waals surface area contributed by atoms with Crippen LogP contribution < -0.4 is 0 Å². The zero-order chi connectivity index (χ0) is 9.26. The maximum atomic E-state index is 9.63. The van der Waals surface area contributed by atoms with Crippen molar-refractivity contribution < 1.29 is 5.11 Å². The van der Waals surface area contributed by atoms with Crippen LogP contribution in [0.25, 0.3) is 0 Å². The molecular weight excluding hydrogens is 164 g/mol. The van der Waals surface area contributed by atoms with Crippen LogP contribution in [0, 0.1) is 5.92 Å². The largest absolute Gasteiger partial charge is 0.393 e. The average Bonchev–Trinajstić information content (AvgIpc) is 2.64. The Bertz CT molecular complexity index is 282. The number of aliphatic hydroxyl groups is 1. The van der Waals surface area contributed by atoms with Gasteiger partial charge in [-0.15, -0.1) is 0 Å². The number of aromatic nitrogens is 2. The Morgan fingerprint density at radius 1 is 1.62 bits per heavy atom. The van der Waals surface area contributed by atoms with Gasteiger partial charge in [-0.25, -0.2) is 0 Å². The van der Waals surface area contributed by atoms with Crippen molar-refractivity contribution in [2.24, 2.45) is 13.0 Å². The minimum Gasteiger partial charge on any atom is -0.393 e. The molecule has 3 nitrogen and oxygen atoms in total. The lowest BCUT2D eigenvalue weighted by atomic mass is 9.98. The summed E-state index contributed by atoms with van der Waals surface area (Å²) in [5, 5.41) is 13.7. The highest BCUT2D eigenvalue weighted by atomic mass is 16.3. The maximum absolute atomic E-state index is 9.63. The Morgan fingerprint density at radius 2 is 2.46 bits per heavy atom. The third kappa shape index (κ3) is 1.91. The first-order valence-corrected chi connectivity index (χ1v) is 4.91. The summed E-state index contributed by atoms with van der Waals surface area (Å²) in [6.07, 6.45) is 8.14. The molecule has 3 heteroatoms. The summed E-state index contributed by atoms with van der Waals surface area (Å²) in [6.45, 7) is 0. The van der Waals surface area contributed by atoms with Crippen LogP contribution in [0.3, 0.4) is 0 Å². The van der Waals surface area contributed by atoms with E-state index in [-0.39, 0.29) is 6.10 Å². The van der Waals surface area contributed by atoms with Gasteiger partial charge in [0.2, 0.25) is 0 Å². The van der Waals surface area contributed by atoms with Crippen molar-refractivity contribution in [2.75, 3.05) is 0 Å². The van der Waals surface area contributed by atoms with Gasteiger partial charge in [-0.05, 0) is 30.7 Å². The van der Waals surface area contributed by atoms with E-state index in [4.69, 9.17) is 0 Å². The topological polar surface area (TPSA) is 38.0 Å². The second-order valence-electron chi connectivity index (χ2n) is 3.98. The second-order valence-corrected chi connectivity index (χ2v) is 3.98. The molecule has 1 N–H and O–H groups in total. The lowest BCUT2D eigenvalue weighted by Gasteiger charge is -2.12. The molecule has 13 heavy (non-hydrogen) atoms. The van der Waals surface area contributed by atoms with E-state index in [2.05, 4.69) is 5.10 Å². The molecule has 0 aromatic carbocycles. The molecule has 0 amide bonds. The number of rotatable bonds is 2. The zero-order valence-electron chi connectivity index (χ0n) is 7.98. The normalized spacial score (nSPS) is 28.2. The van der Waals surface area contributed by atoms with Crippen LogP contribution in [0.5, 0.6) is 0 Å². The number of hydrogen-bond acceptors (Lipinski definition) is 2. The molecule has 0 saturated heterocycles. The third-order valence-electron chi connectivity index (χ3n) is 2.88. The highest BCUT2D eigenvalue weighted by Crippen LogP contribution is 2.28. The predicted molar refractivity (Wildman–Crippen MR) is 50.3 cm³/mol. The maximum Gasteiger partial charge on any atom is 0.0571 e. The summed E-state index contributed by atoms with van der Waals surface area (Å²) in [4.78, 5) is 0. The lowest BCUT2D eigenvalue weighted by Crippen LogP contribution is -2.15. The molecule has 1 aromatic rings. The summed E-state index contributed by atoms with van der Waals surface area (Å²) in [6, 6.07) is 0. The molecule has 0 unspecified atom stereocenters. The van der Waals surface area contributed by atoms with Crippen LogP contribution in [0.2, 0.25) is 0 Å². The Morgan fingerprint density at radius 3 is 3.00 bits per heavy atom. The van der Waals surface area contributed by atoms with Crippen LogP contribution in [0.1, 0.15) is 24.8 Å². The second kappa shape index (κ2) is 3.50. The van der Waals surface area contributed by atoms with Gasteiger partial charge >= 0.3 is 0 Å². The molecular formula is C10H16N2O. The number of aryl methyl sites for hydroxylation is 1. The van der Waals surface area contributed by atoms with Gasteiger partial charge in [-0.2, -0.15) is 5.10 Å². The summed E-state index contributed by atoms with van der Waals surface area (Å²) in [5.74, 6) is 0.462. The molecule has 1 heterocycles. The Balaban J connectivity index is 1.97. The van der Waals surface area contributed by atoms with Crippen LogP contribution in [0.4, 0.5) is 0 Å². The first-order chi connectivity index (χ1) is 6.25. The summed E-state index contributed by atoms with van der Waals surface area (Å²) < 4.78 is 1.82. The average molecular weight is 180 g/mol. The van der Waals surface area contributed by atoms with E-state index < -0.39 is 0 Å². The molecule has 0 radical (unpaired) electrons. The highest BCUT2D eigenvalue weighted by molar-refractivity contribution is 5.05. The van der Waals surface area contributed by atoms with E-state index in [1.165, 1.54) is 12.0 Å².